The monoisotopic (exact) mass is 742 g/mol. The summed E-state index contributed by atoms with van der Waals surface area (Å²) in [5, 5.41) is 2.53. The Morgan fingerprint density at radius 1 is 0.328 bits per heavy atom. The van der Waals surface area contributed by atoms with E-state index in [-0.39, 0.29) is 0 Å². The highest BCUT2D eigenvalue weighted by atomic mass is 15.1. The van der Waals surface area contributed by atoms with Crippen LogP contribution in [0.4, 0.5) is 17.1 Å². The molecule has 276 valence electrons. The Bertz CT molecular complexity index is 2960. The first kappa shape index (κ1) is 35.0. The molecule has 10 rings (SSSR count). The molecule has 2 heteroatoms. The molecule has 0 saturated carbocycles. The lowest BCUT2D eigenvalue weighted by molar-refractivity contribution is 1.12. The highest BCUT2D eigenvalue weighted by molar-refractivity contribution is 6.10. The van der Waals surface area contributed by atoms with Crippen LogP contribution in [-0.4, -0.2) is 4.57 Å². The van der Waals surface area contributed by atoms with Crippen LogP contribution in [0.3, 0.4) is 0 Å². The molecule has 1 aromatic heterocycles. The van der Waals surface area contributed by atoms with Gasteiger partial charge in [0.2, 0.25) is 0 Å². The van der Waals surface area contributed by atoms with Gasteiger partial charge >= 0.3 is 0 Å². The third-order valence-electron chi connectivity index (χ3n) is 11.4. The molecule has 0 amide bonds. The van der Waals surface area contributed by atoms with E-state index in [1.807, 2.05) is 0 Å². The van der Waals surface area contributed by atoms with Gasteiger partial charge in [-0.1, -0.05) is 165 Å². The molecule has 10 aromatic rings. The van der Waals surface area contributed by atoms with Crippen LogP contribution in [0.5, 0.6) is 0 Å². The van der Waals surface area contributed by atoms with Crippen molar-refractivity contribution in [2.45, 2.75) is 13.3 Å². The molecule has 9 aromatic carbocycles. The van der Waals surface area contributed by atoms with Crippen molar-refractivity contribution < 1.29 is 0 Å². The van der Waals surface area contributed by atoms with Crippen molar-refractivity contribution in [3.63, 3.8) is 0 Å². The van der Waals surface area contributed by atoms with Gasteiger partial charge in [0.15, 0.2) is 0 Å². The molecule has 0 aliphatic heterocycles. The van der Waals surface area contributed by atoms with Crippen molar-refractivity contribution in [1.82, 2.24) is 4.57 Å². The largest absolute Gasteiger partial charge is 0.311 e. The van der Waals surface area contributed by atoms with Crippen molar-refractivity contribution >= 4 is 38.9 Å². The van der Waals surface area contributed by atoms with Crippen LogP contribution in [0.25, 0.3) is 72.0 Å². The van der Waals surface area contributed by atoms with Gasteiger partial charge < -0.3 is 9.47 Å². The summed E-state index contributed by atoms with van der Waals surface area (Å²) in [6.45, 7) is 2.20. The van der Waals surface area contributed by atoms with E-state index in [9.17, 15) is 0 Å². The van der Waals surface area contributed by atoms with E-state index in [1.54, 1.807) is 0 Å². The molecule has 2 nitrogen and oxygen atoms in total. The predicted molar refractivity (Wildman–Crippen MR) is 247 cm³/mol. The van der Waals surface area contributed by atoms with Gasteiger partial charge in [-0.15, -0.1) is 0 Å². The van der Waals surface area contributed by atoms with Crippen molar-refractivity contribution in [2.75, 3.05) is 4.90 Å². The van der Waals surface area contributed by atoms with Crippen LogP contribution in [0, 0.1) is 0 Å². The first-order valence-electron chi connectivity index (χ1n) is 20.1. The standard InChI is InChI=1S/C56H42N2/c1-2-40-17-32-52(33-18-40)58-55-16-10-9-15-53(55)54-39-48(31-38-56(54)58)47-25-23-44(24-26-47)46-29-36-51(37-30-46)57(49-13-7-4-8-14-49)50-34-27-45(28-35-50)43-21-19-42(20-22-43)41-11-5-3-6-12-41/h3-39H,2H2,1H3. The number of benzene rings is 9. The maximum atomic E-state index is 2.39. The number of aromatic nitrogens is 1. The maximum absolute atomic E-state index is 2.39. The topological polar surface area (TPSA) is 8.17 Å². The zero-order chi connectivity index (χ0) is 38.8. The third kappa shape index (κ3) is 6.65. The zero-order valence-corrected chi connectivity index (χ0v) is 32.5. The molecule has 58 heavy (non-hydrogen) atoms. The van der Waals surface area contributed by atoms with Crippen LogP contribution in [-0.2, 0) is 6.42 Å². The number of anilines is 3. The molecule has 0 aliphatic carbocycles. The highest BCUT2D eigenvalue weighted by Gasteiger charge is 2.15. The summed E-state index contributed by atoms with van der Waals surface area (Å²) in [6, 6.07) is 81.4. The Hall–Kier alpha value is -7.42. The van der Waals surface area contributed by atoms with Crippen LogP contribution in [0.1, 0.15) is 12.5 Å². The van der Waals surface area contributed by atoms with Crippen LogP contribution in [0.15, 0.2) is 224 Å². The first-order chi connectivity index (χ1) is 28.7. The van der Waals surface area contributed by atoms with E-state index in [4.69, 9.17) is 0 Å². The number of nitrogens with zero attached hydrogens (tertiary/aromatic N) is 2. The lowest BCUT2D eigenvalue weighted by atomic mass is 9.98. The van der Waals surface area contributed by atoms with E-state index >= 15 is 0 Å². The molecule has 0 N–H and O–H groups in total. The Balaban J connectivity index is 0.913. The fourth-order valence-corrected chi connectivity index (χ4v) is 8.28. The van der Waals surface area contributed by atoms with Gasteiger partial charge in [-0.2, -0.15) is 0 Å². The Morgan fingerprint density at radius 2 is 0.724 bits per heavy atom. The molecule has 0 spiro atoms. The number of hydrogen-bond acceptors (Lipinski definition) is 1. The molecule has 0 bridgehead atoms. The van der Waals surface area contributed by atoms with Gasteiger partial charge in [0.1, 0.15) is 0 Å². The molecule has 0 saturated heterocycles. The summed E-state index contributed by atoms with van der Waals surface area (Å²) in [7, 11) is 0. The van der Waals surface area contributed by atoms with E-state index < -0.39 is 0 Å². The minimum Gasteiger partial charge on any atom is -0.311 e. The zero-order valence-electron chi connectivity index (χ0n) is 32.5. The molecule has 0 atom stereocenters. The molecule has 0 fully saturated rings. The van der Waals surface area contributed by atoms with Crippen LogP contribution < -0.4 is 4.90 Å². The minimum absolute atomic E-state index is 1.04. The van der Waals surface area contributed by atoms with Gasteiger partial charge in [-0.05, 0) is 123 Å². The summed E-state index contributed by atoms with van der Waals surface area (Å²) in [5.74, 6) is 0. The molecular weight excluding hydrogens is 701 g/mol. The Morgan fingerprint density at radius 3 is 1.26 bits per heavy atom. The summed E-state index contributed by atoms with van der Waals surface area (Å²) < 4.78 is 2.39. The number of aryl methyl sites for hydroxylation is 1. The second-order valence-corrected chi connectivity index (χ2v) is 14.9. The molecule has 1 heterocycles. The van der Waals surface area contributed by atoms with Gasteiger partial charge in [0, 0.05) is 33.5 Å². The Labute approximate surface area is 340 Å². The third-order valence-corrected chi connectivity index (χ3v) is 11.4. The van der Waals surface area contributed by atoms with Crippen molar-refractivity contribution in [1.29, 1.82) is 0 Å². The summed E-state index contributed by atoms with van der Waals surface area (Å²) in [5.41, 5.74) is 18.0. The summed E-state index contributed by atoms with van der Waals surface area (Å²) >= 11 is 0. The average Bonchev–Trinajstić information content (AvgIpc) is 3.64. The average molecular weight is 743 g/mol. The second-order valence-electron chi connectivity index (χ2n) is 14.9. The van der Waals surface area contributed by atoms with E-state index in [1.165, 1.54) is 77.6 Å². The fraction of sp³-hybridized carbons (Fsp3) is 0.0357. The lowest BCUT2D eigenvalue weighted by Crippen LogP contribution is -2.09. The van der Waals surface area contributed by atoms with E-state index in [2.05, 4.69) is 241 Å². The van der Waals surface area contributed by atoms with Crippen molar-refractivity contribution in [3.05, 3.63) is 230 Å². The number of fused-ring (bicyclic) bond motifs is 3. The van der Waals surface area contributed by atoms with Gasteiger partial charge in [-0.25, -0.2) is 0 Å². The highest BCUT2D eigenvalue weighted by Crippen LogP contribution is 2.38. The SMILES string of the molecule is CCc1ccc(-n2c3ccccc3c3cc(-c4ccc(-c5ccc(N(c6ccccc6)c6ccc(-c7ccc(-c8ccccc8)cc7)cc6)cc5)cc4)ccc32)cc1. The number of rotatable bonds is 9. The van der Waals surface area contributed by atoms with Gasteiger partial charge in [0.25, 0.3) is 0 Å². The van der Waals surface area contributed by atoms with Crippen molar-refractivity contribution in [2.24, 2.45) is 0 Å². The summed E-state index contributed by atoms with van der Waals surface area (Å²) in [4.78, 5) is 2.32. The first-order valence-corrected chi connectivity index (χ1v) is 20.1. The molecule has 0 radical (unpaired) electrons. The summed E-state index contributed by atoms with van der Waals surface area (Å²) in [6.07, 6.45) is 1.04. The van der Waals surface area contributed by atoms with E-state index in [0.29, 0.717) is 0 Å². The Kier molecular flexibility index (Phi) is 9.21. The molecule has 0 unspecified atom stereocenters. The van der Waals surface area contributed by atoms with Crippen LogP contribution in [0.2, 0.25) is 0 Å². The normalized spacial score (nSPS) is 11.3. The second kappa shape index (κ2) is 15.3. The smallest absolute Gasteiger partial charge is 0.0541 e. The quantitative estimate of drug-likeness (QED) is 0.143. The van der Waals surface area contributed by atoms with Gasteiger partial charge in [0.05, 0.1) is 11.0 Å². The number of para-hydroxylation sites is 2. The van der Waals surface area contributed by atoms with E-state index in [0.717, 1.165) is 23.5 Å². The van der Waals surface area contributed by atoms with Gasteiger partial charge in [-0.3, -0.25) is 0 Å². The number of hydrogen-bond donors (Lipinski definition) is 0. The predicted octanol–water partition coefficient (Wildman–Crippen LogP) is 15.5. The van der Waals surface area contributed by atoms with Crippen LogP contribution >= 0.6 is 0 Å². The molecule has 0 aliphatic rings. The lowest BCUT2D eigenvalue weighted by Gasteiger charge is -2.26. The maximum Gasteiger partial charge on any atom is 0.0541 e. The fourth-order valence-electron chi connectivity index (χ4n) is 8.28. The van der Waals surface area contributed by atoms with Crippen molar-refractivity contribution in [3.8, 4) is 50.2 Å². The minimum atomic E-state index is 1.04. The molecular formula is C56H42N2.